The molecule has 2 aromatic carbocycles. The van der Waals surface area contributed by atoms with Gasteiger partial charge in [0.15, 0.2) is 28.2 Å². The third-order valence-electron chi connectivity index (χ3n) is 3.61. The summed E-state index contributed by atoms with van der Waals surface area (Å²) in [6.07, 6.45) is 2.61. The van der Waals surface area contributed by atoms with E-state index >= 15 is 0 Å². The van der Waals surface area contributed by atoms with Crippen LogP contribution in [0.25, 0.3) is 6.08 Å². The van der Waals surface area contributed by atoms with Crippen LogP contribution in [0.3, 0.4) is 0 Å². The predicted octanol–water partition coefficient (Wildman–Crippen LogP) is 5.08. The van der Waals surface area contributed by atoms with Crippen LogP contribution in [0.4, 0.5) is 17.6 Å². The quantitative estimate of drug-likeness (QED) is 0.195. The molecule has 2 rings (SSSR count). The van der Waals surface area contributed by atoms with E-state index in [9.17, 15) is 26.0 Å². The maximum atomic E-state index is 13.9. The van der Waals surface area contributed by atoms with Crippen LogP contribution in [0.5, 0.6) is 5.75 Å². The van der Waals surface area contributed by atoms with Crippen LogP contribution in [0, 0.1) is 23.3 Å². The number of benzene rings is 2. The van der Waals surface area contributed by atoms with Crippen molar-refractivity contribution in [2.24, 2.45) is 0 Å². The Balaban J connectivity index is 1.91. The summed E-state index contributed by atoms with van der Waals surface area (Å²) < 4.78 is 91.2. The minimum atomic E-state index is -5.45. The molecular weight excluding hydrogens is 420 g/mol. The van der Waals surface area contributed by atoms with Gasteiger partial charge in [-0.3, -0.25) is 4.55 Å². The molecule has 0 aliphatic carbocycles. The standard InChI is InChI=1S/C18H16F4O4S2/c1-2-11-5-7-12(8-6-11)26-9-3-4-10-27-17-13(19)15(21)18(28(23,24)25)16(22)14(17)20/h2,5-8H,1,3-4,9-10H2,(H,23,24,25). The van der Waals surface area contributed by atoms with E-state index in [0.717, 1.165) is 5.56 Å². The predicted molar refractivity (Wildman–Crippen MR) is 98.1 cm³/mol. The Labute approximate surface area is 164 Å². The number of unbranched alkanes of at least 4 members (excludes halogenated alkanes) is 1. The first-order valence-corrected chi connectivity index (χ1v) is 10.4. The molecule has 2 aromatic rings. The van der Waals surface area contributed by atoms with Crippen molar-refractivity contribution >= 4 is 28.0 Å². The lowest BCUT2D eigenvalue weighted by molar-refractivity contribution is 0.310. The van der Waals surface area contributed by atoms with Gasteiger partial charge in [0.2, 0.25) is 0 Å². The maximum absolute atomic E-state index is 13.9. The minimum Gasteiger partial charge on any atom is -0.494 e. The number of halogens is 4. The van der Waals surface area contributed by atoms with Crippen molar-refractivity contribution in [1.82, 2.24) is 0 Å². The monoisotopic (exact) mass is 436 g/mol. The molecule has 28 heavy (non-hydrogen) atoms. The van der Waals surface area contributed by atoms with Gasteiger partial charge in [-0.15, -0.1) is 11.8 Å². The molecule has 0 spiro atoms. The van der Waals surface area contributed by atoms with Crippen molar-refractivity contribution in [1.29, 1.82) is 0 Å². The Morgan fingerprint density at radius 1 is 1.00 bits per heavy atom. The highest BCUT2D eigenvalue weighted by atomic mass is 32.2. The molecule has 0 aliphatic heterocycles. The summed E-state index contributed by atoms with van der Waals surface area (Å²) in [6, 6.07) is 7.17. The second-order valence-corrected chi connectivity index (χ2v) is 8.03. The molecule has 1 N–H and O–H groups in total. The summed E-state index contributed by atoms with van der Waals surface area (Å²) >= 11 is 0.499. The van der Waals surface area contributed by atoms with Gasteiger partial charge < -0.3 is 4.74 Å². The van der Waals surface area contributed by atoms with Crippen LogP contribution in [-0.2, 0) is 10.1 Å². The lowest BCUT2D eigenvalue weighted by Crippen LogP contribution is -2.11. The number of ether oxygens (including phenoxy) is 1. The summed E-state index contributed by atoms with van der Waals surface area (Å²) in [5.41, 5.74) is 0.937. The average Bonchev–Trinajstić information content (AvgIpc) is 2.64. The van der Waals surface area contributed by atoms with Crippen molar-refractivity contribution < 1.29 is 35.3 Å². The van der Waals surface area contributed by atoms with Crippen LogP contribution >= 0.6 is 11.8 Å². The highest BCUT2D eigenvalue weighted by Crippen LogP contribution is 2.33. The number of thioether (sulfide) groups is 1. The Kier molecular flexibility index (Phi) is 7.50. The molecule has 0 radical (unpaired) electrons. The summed E-state index contributed by atoms with van der Waals surface area (Å²) in [5, 5.41) is 0. The molecule has 0 atom stereocenters. The van der Waals surface area contributed by atoms with Crippen molar-refractivity contribution in [3.8, 4) is 5.75 Å². The normalized spacial score (nSPS) is 11.5. The maximum Gasteiger partial charge on any atom is 0.300 e. The molecular formula is C18H16F4O4S2. The van der Waals surface area contributed by atoms with E-state index in [1.807, 2.05) is 12.1 Å². The molecule has 0 aliphatic rings. The molecule has 0 amide bonds. The summed E-state index contributed by atoms with van der Waals surface area (Å²) in [7, 11) is -5.45. The molecule has 0 heterocycles. The van der Waals surface area contributed by atoms with E-state index in [2.05, 4.69) is 6.58 Å². The zero-order valence-electron chi connectivity index (χ0n) is 14.4. The largest absolute Gasteiger partial charge is 0.494 e. The fraction of sp³-hybridized carbons (Fsp3) is 0.222. The zero-order valence-corrected chi connectivity index (χ0v) is 16.1. The SMILES string of the molecule is C=Cc1ccc(OCCCCSc2c(F)c(F)c(S(=O)(=O)O)c(F)c2F)cc1. The van der Waals surface area contributed by atoms with Crippen LogP contribution in [-0.4, -0.2) is 25.3 Å². The van der Waals surface area contributed by atoms with E-state index < -0.39 is 43.2 Å². The van der Waals surface area contributed by atoms with Crippen LogP contribution in [0.2, 0.25) is 0 Å². The highest BCUT2D eigenvalue weighted by molar-refractivity contribution is 7.99. The molecule has 0 bridgehead atoms. The number of rotatable bonds is 9. The second kappa shape index (κ2) is 9.44. The molecule has 4 nitrogen and oxygen atoms in total. The van der Waals surface area contributed by atoms with E-state index in [1.54, 1.807) is 18.2 Å². The summed E-state index contributed by atoms with van der Waals surface area (Å²) in [4.78, 5) is -3.02. The van der Waals surface area contributed by atoms with Gasteiger partial charge in [-0.2, -0.15) is 8.42 Å². The Bertz CT molecular complexity index is 932. The molecule has 0 fully saturated rings. The van der Waals surface area contributed by atoms with Crippen molar-refractivity contribution in [3.05, 3.63) is 59.7 Å². The molecule has 0 saturated heterocycles. The van der Waals surface area contributed by atoms with Crippen molar-refractivity contribution in [2.75, 3.05) is 12.4 Å². The molecule has 10 heteroatoms. The van der Waals surface area contributed by atoms with Gasteiger partial charge in [0.05, 0.1) is 11.5 Å². The third kappa shape index (κ3) is 5.27. The first kappa shape index (κ1) is 22.3. The molecule has 0 unspecified atom stereocenters. The number of hydrogen-bond acceptors (Lipinski definition) is 4. The zero-order chi connectivity index (χ0) is 20.9. The van der Waals surface area contributed by atoms with Gasteiger partial charge >= 0.3 is 10.1 Å². The van der Waals surface area contributed by atoms with Crippen LogP contribution in [0.15, 0.2) is 40.6 Å². The fourth-order valence-electron chi connectivity index (χ4n) is 2.21. The van der Waals surface area contributed by atoms with E-state index in [4.69, 9.17) is 9.29 Å². The van der Waals surface area contributed by atoms with Gasteiger partial charge in [-0.05, 0) is 36.3 Å². The highest BCUT2D eigenvalue weighted by Gasteiger charge is 2.32. The smallest absolute Gasteiger partial charge is 0.300 e. The molecule has 0 saturated carbocycles. The van der Waals surface area contributed by atoms with Crippen LogP contribution in [0.1, 0.15) is 18.4 Å². The Morgan fingerprint density at radius 3 is 2.07 bits per heavy atom. The second-order valence-electron chi connectivity index (χ2n) is 5.57. The van der Waals surface area contributed by atoms with Gasteiger partial charge in [0.25, 0.3) is 0 Å². The molecule has 0 aromatic heterocycles. The van der Waals surface area contributed by atoms with E-state index in [1.165, 1.54) is 0 Å². The Hall–Kier alpha value is -2.04. The minimum absolute atomic E-state index is 0.108. The summed E-state index contributed by atoms with van der Waals surface area (Å²) in [5.74, 6) is -7.30. The van der Waals surface area contributed by atoms with E-state index in [-0.39, 0.29) is 5.75 Å². The topological polar surface area (TPSA) is 63.6 Å². The lowest BCUT2D eigenvalue weighted by Gasteiger charge is -2.10. The lowest BCUT2D eigenvalue weighted by atomic mass is 10.2. The Morgan fingerprint density at radius 2 is 1.57 bits per heavy atom. The first-order chi connectivity index (χ1) is 13.2. The average molecular weight is 436 g/mol. The fourth-order valence-corrected chi connectivity index (χ4v) is 3.83. The summed E-state index contributed by atoms with van der Waals surface area (Å²) in [6.45, 7) is 3.96. The van der Waals surface area contributed by atoms with Crippen molar-refractivity contribution in [2.45, 2.75) is 22.6 Å². The molecule has 152 valence electrons. The van der Waals surface area contributed by atoms with Gasteiger partial charge in [-0.1, -0.05) is 24.8 Å². The van der Waals surface area contributed by atoms with Gasteiger partial charge in [-0.25, -0.2) is 17.6 Å². The van der Waals surface area contributed by atoms with E-state index in [0.29, 0.717) is 37.0 Å². The number of hydrogen-bond donors (Lipinski definition) is 1. The van der Waals surface area contributed by atoms with Crippen molar-refractivity contribution in [3.63, 3.8) is 0 Å². The van der Waals surface area contributed by atoms with Gasteiger partial charge in [0.1, 0.15) is 5.75 Å². The van der Waals surface area contributed by atoms with Gasteiger partial charge in [0, 0.05) is 0 Å². The first-order valence-electron chi connectivity index (χ1n) is 7.98. The third-order valence-corrected chi connectivity index (χ3v) is 5.62. The van der Waals surface area contributed by atoms with Crippen LogP contribution < -0.4 is 4.74 Å².